The second-order valence-electron chi connectivity index (χ2n) is 13.5. The number of hydrogen-bond acceptors (Lipinski definition) is 8. The highest BCUT2D eigenvalue weighted by Crippen LogP contribution is 2.24. The van der Waals surface area contributed by atoms with Gasteiger partial charge in [-0.2, -0.15) is 0 Å². The number of para-hydroxylation sites is 1. The molecule has 0 radical (unpaired) electrons. The van der Waals surface area contributed by atoms with E-state index in [1.807, 2.05) is 30.3 Å². The summed E-state index contributed by atoms with van der Waals surface area (Å²) in [6, 6.07) is 16.9. The van der Waals surface area contributed by atoms with Gasteiger partial charge in [0.2, 0.25) is 5.91 Å². The number of benzene rings is 2. The number of imidazole rings is 1. The van der Waals surface area contributed by atoms with Crippen LogP contribution in [0.25, 0.3) is 11.0 Å². The van der Waals surface area contributed by atoms with Gasteiger partial charge >= 0.3 is 12.2 Å². The number of primary amides is 1. The number of amides is 2. The number of nitrogens with one attached hydrogen (secondary N) is 1. The zero-order valence-corrected chi connectivity index (χ0v) is 29.2. The van der Waals surface area contributed by atoms with Gasteiger partial charge in [-0.3, -0.25) is 14.4 Å². The van der Waals surface area contributed by atoms with Gasteiger partial charge < -0.3 is 25.1 Å². The van der Waals surface area contributed by atoms with E-state index < -0.39 is 41.1 Å². The number of carbonyl (C=O) groups is 4. The fourth-order valence-electron chi connectivity index (χ4n) is 5.42. The van der Waals surface area contributed by atoms with Gasteiger partial charge in [-0.25, -0.2) is 19.1 Å². The van der Waals surface area contributed by atoms with Crippen LogP contribution in [-0.4, -0.2) is 49.6 Å². The van der Waals surface area contributed by atoms with Crippen LogP contribution in [0, 0.1) is 5.92 Å². The molecule has 2 amide bonds. The van der Waals surface area contributed by atoms with Crippen molar-refractivity contribution in [3.63, 3.8) is 0 Å². The summed E-state index contributed by atoms with van der Waals surface area (Å²) in [6.45, 7) is 9.46. The van der Waals surface area contributed by atoms with Crippen LogP contribution in [-0.2, 0) is 45.1 Å². The van der Waals surface area contributed by atoms with Crippen molar-refractivity contribution in [1.82, 2.24) is 19.4 Å². The van der Waals surface area contributed by atoms with E-state index >= 15 is 0 Å². The number of fused-ring (bicyclic) bond motifs is 1. The summed E-state index contributed by atoms with van der Waals surface area (Å²) < 4.78 is 13.8. The van der Waals surface area contributed by atoms with E-state index in [0.29, 0.717) is 22.8 Å². The lowest BCUT2D eigenvalue weighted by Gasteiger charge is -2.20. The maximum Gasteiger partial charge on any atom is 0.420 e. The Morgan fingerprint density at radius 1 is 0.980 bits per heavy atom. The molecule has 12 nitrogen and oxygen atoms in total. The number of carbonyl (C=O) groups excluding carboxylic acids is 4. The van der Waals surface area contributed by atoms with Gasteiger partial charge in [-0.05, 0) is 75.3 Å². The minimum atomic E-state index is -1.01. The Labute approximate surface area is 291 Å². The average Bonchev–Trinajstić information content (AvgIpc) is 3.42. The van der Waals surface area contributed by atoms with Gasteiger partial charge in [-0.15, -0.1) is 0 Å². The number of pyridine rings is 1. The fraction of sp³-hybridized carbons (Fsp3) is 0.368. The number of allylic oxidation sites excluding steroid dienone is 1. The van der Waals surface area contributed by atoms with Crippen molar-refractivity contribution >= 4 is 34.9 Å². The van der Waals surface area contributed by atoms with Crippen LogP contribution < -0.4 is 16.6 Å². The van der Waals surface area contributed by atoms with E-state index in [4.69, 9.17) is 20.2 Å². The Balaban J connectivity index is 1.60. The molecule has 0 aliphatic carbocycles. The van der Waals surface area contributed by atoms with Crippen LogP contribution in [0.5, 0.6) is 0 Å². The maximum atomic E-state index is 13.8. The molecule has 264 valence electrons. The fourth-order valence-corrected chi connectivity index (χ4v) is 5.42. The Kier molecular flexibility index (Phi) is 12.5. The van der Waals surface area contributed by atoms with Crippen molar-refractivity contribution in [2.75, 3.05) is 0 Å². The third-order valence-electron chi connectivity index (χ3n) is 7.62. The molecule has 0 saturated heterocycles. The SMILES string of the molecule is CC(C)Cc1cccc2c1nc(Cn1cccc(CC(=O)[C@H](CC/C=C/C(N)=O)NC(=O)OCc3ccccc3)c1=O)n2C(=O)OC(C)(C)C. The Hall–Kier alpha value is -5.52. The molecule has 0 aliphatic rings. The van der Waals surface area contributed by atoms with Crippen molar-refractivity contribution < 1.29 is 28.7 Å². The quantitative estimate of drug-likeness (QED) is 0.166. The first-order valence-electron chi connectivity index (χ1n) is 16.6. The minimum Gasteiger partial charge on any atom is -0.445 e. The summed E-state index contributed by atoms with van der Waals surface area (Å²) in [5.41, 5.74) is 7.12. The molecule has 0 aliphatic heterocycles. The molecule has 0 bridgehead atoms. The first-order valence-corrected chi connectivity index (χ1v) is 16.6. The van der Waals surface area contributed by atoms with Gasteiger partial charge in [0.15, 0.2) is 5.78 Å². The average molecular weight is 684 g/mol. The highest BCUT2D eigenvalue weighted by Gasteiger charge is 2.26. The molecule has 2 aromatic heterocycles. The van der Waals surface area contributed by atoms with E-state index in [-0.39, 0.29) is 38.0 Å². The Morgan fingerprint density at radius 2 is 1.70 bits per heavy atom. The number of nitrogens with zero attached hydrogens (tertiary/aromatic N) is 3. The van der Waals surface area contributed by atoms with E-state index in [2.05, 4.69) is 19.2 Å². The number of rotatable bonds is 14. The first kappa shape index (κ1) is 37.3. The predicted molar refractivity (Wildman–Crippen MR) is 190 cm³/mol. The normalized spacial score (nSPS) is 12.3. The molecule has 3 N–H and O–H groups in total. The van der Waals surface area contributed by atoms with Crippen molar-refractivity contribution in [2.24, 2.45) is 11.7 Å². The molecule has 2 heterocycles. The molecule has 4 rings (SSSR count). The van der Waals surface area contributed by atoms with Gasteiger partial charge in [0, 0.05) is 18.2 Å². The largest absolute Gasteiger partial charge is 0.445 e. The van der Waals surface area contributed by atoms with Crippen LogP contribution in [0.3, 0.4) is 0 Å². The molecule has 12 heteroatoms. The van der Waals surface area contributed by atoms with E-state index in [9.17, 15) is 24.0 Å². The number of ether oxygens (including phenoxy) is 2. The molecule has 0 saturated carbocycles. The number of nitrogens with two attached hydrogens (primary N) is 1. The van der Waals surface area contributed by atoms with Crippen molar-refractivity contribution in [3.05, 3.63) is 112 Å². The molecule has 0 fully saturated rings. The van der Waals surface area contributed by atoms with Crippen LogP contribution in [0.2, 0.25) is 0 Å². The van der Waals surface area contributed by atoms with Gasteiger partial charge in [0.1, 0.15) is 18.0 Å². The number of Topliss-reactive ketones (excluding diaryl/α,β-unsaturated/α-hetero) is 1. The second-order valence-corrected chi connectivity index (χ2v) is 13.5. The van der Waals surface area contributed by atoms with Crippen LogP contribution in [0.15, 0.2) is 83.8 Å². The summed E-state index contributed by atoms with van der Waals surface area (Å²) in [7, 11) is 0. The van der Waals surface area contributed by atoms with E-state index in [1.165, 1.54) is 21.3 Å². The van der Waals surface area contributed by atoms with Crippen LogP contribution in [0.4, 0.5) is 9.59 Å². The topological polar surface area (TPSA) is 165 Å². The number of hydrogen-bond donors (Lipinski definition) is 2. The highest BCUT2D eigenvalue weighted by molar-refractivity contribution is 5.90. The van der Waals surface area contributed by atoms with Crippen molar-refractivity contribution in [1.29, 1.82) is 0 Å². The molecule has 1 atom stereocenters. The van der Waals surface area contributed by atoms with Gasteiger partial charge in [0.25, 0.3) is 5.56 Å². The van der Waals surface area contributed by atoms with Gasteiger partial charge in [-0.1, -0.05) is 68.5 Å². The third-order valence-corrected chi connectivity index (χ3v) is 7.62. The van der Waals surface area contributed by atoms with E-state index in [1.54, 1.807) is 57.3 Å². The molecule has 0 unspecified atom stereocenters. The summed E-state index contributed by atoms with van der Waals surface area (Å²) in [6.07, 6.45) is 3.70. The molecular formula is C38H45N5O7. The maximum absolute atomic E-state index is 13.8. The van der Waals surface area contributed by atoms with Crippen LogP contribution >= 0.6 is 0 Å². The molecule has 50 heavy (non-hydrogen) atoms. The predicted octanol–water partition coefficient (Wildman–Crippen LogP) is 5.46. The summed E-state index contributed by atoms with van der Waals surface area (Å²) >= 11 is 0. The van der Waals surface area contributed by atoms with Crippen molar-refractivity contribution in [3.8, 4) is 0 Å². The number of alkyl carbamates (subject to hydrolysis) is 1. The monoisotopic (exact) mass is 683 g/mol. The van der Waals surface area contributed by atoms with E-state index in [0.717, 1.165) is 17.5 Å². The second kappa shape index (κ2) is 16.7. The molecule has 2 aromatic carbocycles. The van der Waals surface area contributed by atoms with Crippen LogP contribution in [0.1, 0.15) is 70.0 Å². The summed E-state index contributed by atoms with van der Waals surface area (Å²) in [5, 5.41) is 2.61. The Bertz CT molecular complexity index is 1920. The Morgan fingerprint density at radius 3 is 2.38 bits per heavy atom. The first-order chi connectivity index (χ1) is 23.7. The lowest BCUT2D eigenvalue weighted by molar-refractivity contribution is -0.120. The number of ketones is 1. The highest BCUT2D eigenvalue weighted by atomic mass is 16.6. The molecule has 4 aromatic rings. The minimum absolute atomic E-state index is 0.00554. The lowest BCUT2D eigenvalue weighted by atomic mass is 10.0. The molecule has 0 spiro atoms. The van der Waals surface area contributed by atoms with Crippen molar-refractivity contribution in [2.45, 2.75) is 85.1 Å². The summed E-state index contributed by atoms with van der Waals surface area (Å²) in [4.78, 5) is 69.5. The van der Waals surface area contributed by atoms with Gasteiger partial charge in [0.05, 0.1) is 23.6 Å². The zero-order valence-electron chi connectivity index (χ0n) is 29.2. The molecular weight excluding hydrogens is 638 g/mol. The summed E-state index contributed by atoms with van der Waals surface area (Å²) in [5.74, 6) is -0.415. The zero-order chi connectivity index (χ0) is 36.4. The standard InChI is InChI=1S/C38H45N5O7/c1-25(2)21-27-15-11-18-30-34(27)41-33(43(30)37(48)50-38(3,4)5)23-42-20-12-16-28(35(42)46)22-31(44)29(17-9-10-19-32(39)45)40-36(47)49-24-26-13-7-6-8-14-26/h6-8,10-16,18-20,25,29H,9,17,21-24H2,1-5H3,(H2,39,45)(H,40,47)/b19-10+/t29-/m0/s1. The number of aromatic nitrogens is 3. The lowest BCUT2D eigenvalue weighted by Crippen LogP contribution is -2.42. The third kappa shape index (κ3) is 10.5. The smallest absolute Gasteiger partial charge is 0.420 e.